The van der Waals surface area contributed by atoms with Crippen molar-refractivity contribution in [3.05, 3.63) is 54.1 Å². The number of urea groups is 2. The van der Waals surface area contributed by atoms with Crippen LogP contribution in [0.3, 0.4) is 0 Å². The molecule has 3 rings (SSSR count). The second-order valence-corrected chi connectivity index (χ2v) is 7.44. The summed E-state index contributed by atoms with van der Waals surface area (Å²) in [5, 5.41) is 11.6. The van der Waals surface area contributed by atoms with E-state index in [0.717, 1.165) is 24.8 Å². The van der Waals surface area contributed by atoms with E-state index in [9.17, 15) is 9.59 Å². The van der Waals surface area contributed by atoms with Crippen molar-refractivity contribution in [2.75, 3.05) is 16.0 Å². The summed E-state index contributed by atoms with van der Waals surface area (Å²) >= 11 is 0. The Hall–Kier alpha value is -3.02. The first-order valence-electron chi connectivity index (χ1n) is 9.82. The number of nitrogens with one attached hydrogen (secondary N) is 4. The van der Waals surface area contributed by atoms with Gasteiger partial charge in [0.25, 0.3) is 0 Å². The third-order valence-electron chi connectivity index (χ3n) is 5.20. The molecule has 1 fully saturated rings. The van der Waals surface area contributed by atoms with Gasteiger partial charge in [-0.3, -0.25) is 0 Å². The molecule has 0 radical (unpaired) electrons. The van der Waals surface area contributed by atoms with Gasteiger partial charge in [0, 0.05) is 23.1 Å². The van der Waals surface area contributed by atoms with Gasteiger partial charge >= 0.3 is 12.1 Å². The highest BCUT2D eigenvalue weighted by Crippen LogP contribution is 2.24. The Kier molecular flexibility index (Phi) is 6.53. The zero-order valence-corrected chi connectivity index (χ0v) is 16.4. The van der Waals surface area contributed by atoms with E-state index < -0.39 is 0 Å². The zero-order chi connectivity index (χ0) is 19.9. The van der Waals surface area contributed by atoms with E-state index in [0.29, 0.717) is 23.0 Å². The molecule has 0 spiro atoms. The predicted molar refractivity (Wildman–Crippen MR) is 114 cm³/mol. The van der Waals surface area contributed by atoms with Gasteiger partial charge in [-0.25, -0.2) is 9.59 Å². The molecule has 28 heavy (non-hydrogen) atoms. The Bertz CT molecular complexity index is 823. The van der Waals surface area contributed by atoms with Crippen LogP contribution in [-0.4, -0.2) is 18.1 Å². The van der Waals surface area contributed by atoms with Crippen LogP contribution < -0.4 is 21.3 Å². The highest BCUT2D eigenvalue weighted by Gasteiger charge is 2.22. The van der Waals surface area contributed by atoms with Crippen molar-refractivity contribution in [2.45, 2.75) is 45.6 Å². The third kappa shape index (κ3) is 5.49. The molecule has 6 nitrogen and oxygen atoms in total. The lowest BCUT2D eigenvalue weighted by atomic mass is 9.86. The molecule has 2 unspecified atom stereocenters. The average Bonchev–Trinajstić information content (AvgIpc) is 2.67. The summed E-state index contributed by atoms with van der Waals surface area (Å²) in [6, 6.07) is 14.4. The number of benzene rings is 2. The smallest absolute Gasteiger partial charge is 0.323 e. The molecule has 2 aromatic rings. The molecule has 2 aromatic carbocycles. The van der Waals surface area contributed by atoms with Gasteiger partial charge in [0.05, 0.1) is 0 Å². The topological polar surface area (TPSA) is 82.3 Å². The Labute approximate surface area is 166 Å². The number of hydrogen-bond acceptors (Lipinski definition) is 2. The van der Waals surface area contributed by atoms with E-state index in [4.69, 9.17) is 0 Å². The molecule has 0 bridgehead atoms. The molecule has 1 aliphatic rings. The van der Waals surface area contributed by atoms with Crippen LogP contribution in [0.25, 0.3) is 0 Å². The minimum atomic E-state index is -0.332. The van der Waals surface area contributed by atoms with Crippen LogP contribution in [0.2, 0.25) is 0 Å². The monoisotopic (exact) mass is 380 g/mol. The van der Waals surface area contributed by atoms with Crippen LogP contribution in [0, 0.1) is 12.8 Å². The Morgan fingerprint density at radius 1 is 0.857 bits per heavy atom. The first-order valence-corrected chi connectivity index (χ1v) is 9.82. The van der Waals surface area contributed by atoms with Crippen molar-refractivity contribution in [3.8, 4) is 0 Å². The van der Waals surface area contributed by atoms with Gasteiger partial charge in [0.15, 0.2) is 0 Å². The molecule has 0 aliphatic heterocycles. The second-order valence-electron chi connectivity index (χ2n) is 7.44. The number of hydrogen-bond donors (Lipinski definition) is 4. The number of para-hydroxylation sites is 1. The molecule has 0 saturated heterocycles. The van der Waals surface area contributed by atoms with Crippen LogP contribution in [-0.2, 0) is 0 Å². The molecule has 4 N–H and O–H groups in total. The van der Waals surface area contributed by atoms with Gasteiger partial charge in [-0.2, -0.15) is 0 Å². The Morgan fingerprint density at radius 2 is 1.57 bits per heavy atom. The lowest BCUT2D eigenvalue weighted by Gasteiger charge is -2.29. The van der Waals surface area contributed by atoms with Crippen molar-refractivity contribution < 1.29 is 9.59 Å². The van der Waals surface area contributed by atoms with Gasteiger partial charge in [-0.15, -0.1) is 0 Å². The van der Waals surface area contributed by atoms with Crippen molar-refractivity contribution in [2.24, 2.45) is 5.92 Å². The summed E-state index contributed by atoms with van der Waals surface area (Å²) in [6.07, 6.45) is 4.57. The fraction of sp³-hybridized carbons (Fsp3) is 0.364. The van der Waals surface area contributed by atoms with Crippen LogP contribution >= 0.6 is 0 Å². The van der Waals surface area contributed by atoms with Crippen molar-refractivity contribution in [3.63, 3.8) is 0 Å². The largest absolute Gasteiger partial charge is 0.335 e. The van der Waals surface area contributed by atoms with E-state index in [1.54, 1.807) is 6.07 Å². The van der Waals surface area contributed by atoms with Crippen molar-refractivity contribution in [1.29, 1.82) is 0 Å². The third-order valence-corrected chi connectivity index (χ3v) is 5.20. The Balaban J connectivity index is 1.59. The number of carbonyl (C=O) groups excluding carboxylic acids is 2. The van der Waals surface area contributed by atoms with Crippen molar-refractivity contribution >= 4 is 29.1 Å². The fourth-order valence-electron chi connectivity index (χ4n) is 3.51. The van der Waals surface area contributed by atoms with Gasteiger partial charge in [0.1, 0.15) is 0 Å². The molecule has 2 atom stereocenters. The maximum Gasteiger partial charge on any atom is 0.323 e. The van der Waals surface area contributed by atoms with Gasteiger partial charge in [-0.1, -0.05) is 44.0 Å². The molecular weight excluding hydrogens is 352 g/mol. The van der Waals surface area contributed by atoms with E-state index in [-0.39, 0.29) is 18.1 Å². The summed E-state index contributed by atoms with van der Waals surface area (Å²) in [5.41, 5.74) is 2.94. The lowest BCUT2D eigenvalue weighted by molar-refractivity contribution is 0.232. The molecule has 1 aliphatic carbocycles. The van der Waals surface area contributed by atoms with Gasteiger partial charge in [0.2, 0.25) is 0 Å². The fourth-order valence-corrected chi connectivity index (χ4v) is 3.51. The molecule has 1 saturated carbocycles. The molecule has 0 heterocycles. The molecule has 4 amide bonds. The minimum absolute atomic E-state index is 0.201. The maximum atomic E-state index is 12.4. The summed E-state index contributed by atoms with van der Waals surface area (Å²) in [7, 11) is 0. The normalized spacial score (nSPS) is 18.8. The molecule has 6 heteroatoms. The van der Waals surface area contributed by atoms with Crippen LogP contribution in [0.5, 0.6) is 0 Å². The maximum absolute atomic E-state index is 12.4. The number of rotatable bonds is 4. The molecular formula is C22H28N4O2. The number of amides is 4. The van der Waals surface area contributed by atoms with Crippen LogP contribution in [0.15, 0.2) is 48.5 Å². The lowest BCUT2D eigenvalue weighted by Crippen LogP contribution is -2.43. The SMILES string of the molecule is Cc1ccc(NC(=O)Nc2ccccc2)cc1NC(=O)NC1CCCCC1C. The zero-order valence-electron chi connectivity index (χ0n) is 16.4. The van der Waals surface area contributed by atoms with E-state index >= 15 is 0 Å². The van der Waals surface area contributed by atoms with Crippen LogP contribution in [0.1, 0.15) is 38.2 Å². The van der Waals surface area contributed by atoms with Crippen molar-refractivity contribution in [1.82, 2.24) is 5.32 Å². The highest BCUT2D eigenvalue weighted by molar-refractivity contribution is 6.00. The van der Waals surface area contributed by atoms with Crippen LogP contribution in [0.4, 0.5) is 26.7 Å². The second kappa shape index (κ2) is 9.26. The molecule has 0 aromatic heterocycles. The summed E-state index contributed by atoms with van der Waals surface area (Å²) in [4.78, 5) is 24.6. The summed E-state index contributed by atoms with van der Waals surface area (Å²) < 4.78 is 0. The van der Waals surface area contributed by atoms with Gasteiger partial charge < -0.3 is 21.3 Å². The summed E-state index contributed by atoms with van der Waals surface area (Å²) in [6.45, 7) is 4.11. The molecule has 148 valence electrons. The van der Waals surface area contributed by atoms with E-state index in [1.165, 1.54) is 6.42 Å². The average molecular weight is 380 g/mol. The standard InChI is InChI=1S/C22H28N4O2/c1-15-8-6-7-11-19(15)25-22(28)26-20-14-18(13-12-16(20)2)24-21(27)23-17-9-4-3-5-10-17/h3-5,9-10,12-15,19H,6-8,11H2,1-2H3,(H2,23,24,27)(H2,25,26,28). The number of carbonyl (C=O) groups is 2. The van der Waals surface area contributed by atoms with Gasteiger partial charge in [-0.05, 0) is 55.5 Å². The van der Waals surface area contributed by atoms with E-state index in [1.807, 2.05) is 49.4 Å². The van der Waals surface area contributed by atoms with E-state index in [2.05, 4.69) is 28.2 Å². The highest BCUT2D eigenvalue weighted by atomic mass is 16.2. The first-order chi connectivity index (χ1) is 13.5. The predicted octanol–water partition coefficient (Wildman–Crippen LogP) is 5.34. The number of anilines is 3. The Morgan fingerprint density at radius 3 is 2.32 bits per heavy atom. The first kappa shape index (κ1) is 19.7. The minimum Gasteiger partial charge on any atom is -0.335 e. The number of aryl methyl sites for hydroxylation is 1. The quantitative estimate of drug-likeness (QED) is 0.577. The summed E-state index contributed by atoms with van der Waals surface area (Å²) in [5.74, 6) is 0.496.